The topological polar surface area (TPSA) is 93.1 Å². The molecule has 8 heteroatoms. The molecule has 1 aliphatic heterocycles. The highest BCUT2D eigenvalue weighted by Crippen LogP contribution is 2.37. The van der Waals surface area contributed by atoms with Gasteiger partial charge in [0, 0.05) is 42.4 Å². The summed E-state index contributed by atoms with van der Waals surface area (Å²) in [6, 6.07) is 10.2. The van der Waals surface area contributed by atoms with Gasteiger partial charge in [0.2, 0.25) is 5.91 Å². The summed E-state index contributed by atoms with van der Waals surface area (Å²) in [5.74, 6) is 1.18. The molecule has 214 valence electrons. The number of ether oxygens (including phenoxy) is 2. The number of pyridine rings is 1. The van der Waals surface area contributed by atoms with Crippen LogP contribution in [0.1, 0.15) is 78.0 Å². The summed E-state index contributed by atoms with van der Waals surface area (Å²) in [5, 5.41) is 3.44. The lowest BCUT2D eigenvalue weighted by Crippen LogP contribution is -2.42. The fraction of sp³-hybridized carbons (Fsp3) is 0.438. The van der Waals surface area contributed by atoms with Crippen molar-refractivity contribution in [3.8, 4) is 5.75 Å². The van der Waals surface area contributed by atoms with Crippen molar-refractivity contribution in [1.82, 2.24) is 9.88 Å². The van der Waals surface area contributed by atoms with Crippen LogP contribution in [0.25, 0.3) is 5.57 Å². The van der Waals surface area contributed by atoms with Crippen LogP contribution in [0.4, 0.5) is 10.6 Å². The van der Waals surface area contributed by atoms with Crippen LogP contribution in [0.3, 0.4) is 0 Å². The van der Waals surface area contributed by atoms with E-state index in [1.165, 1.54) is 5.56 Å². The molecule has 1 atom stereocenters. The van der Waals surface area contributed by atoms with Gasteiger partial charge in [-0.1, -0.05) is 51.1 Å². The summed E-state index contributed by atoms with van der Waals surface area (Å²) < 4.78 is 11.6. The number of anilines is 1. The molecular formula is C32H42N4O4. The molecule has 1 aromatic carbocycles. The Bertz CT molecular complexity index is 1280. The van der Waals surface area contributed by atoms with Gasteiger partial charge in [-0.3, -0.25) is 4.79 Å². The molecule has 8 nitrogen and oxygen atoms in total. The van der Waals surface area contributed by atoms with Crippen molar-refractivity contribution in [3.05, 3.63) is 71.2 Å². The van der Waals surface area contributed by atoms with E-state index in [2.05, 4.69) is 22.4 Å². The van der Waals surface area contributed by atoms with Gasteiger partial charge in [-0.25, -0.2) is 14.8 Å². The molecule has 0 spiro atoms. The molecule has 1 aromatic heterocycles. The molecule has 3 rings (SSSR count). The predicted octanol–water partition coefficient (Wildman–Crippen LogP) is 7.16. The summed E-state index contributed by atoms with van der Waals surface area (Å²) in [6.07, 6.45) is 8.21. The molecule has 2 heterocycles. The molecular weight excluding hydrogens is 504 g/mol. The highest BCUT2D eigenvalue weighted by Gasteiger charge is 2.32. The molecule has 2 aromatic rings. The number of amides is 2. The van der Waals surface area contributed by atoms with E-state index in [0.717, 1.165) is 39.6 Å². The summed E-state index contributed by atoms with van der Waals surface area (Å²) >= 11 is 0. The predicted molar refractivity (Wildman–Crippen MR) is 160 cm³/mol. The summed E-state index contributed by atoms with van der Waals surface area (Å²) in [4.78, 5) is 36.6. The third kappa shape index (κ3) is 8.04. The standard InChI is InChI=1S/C32H42N4O4/c1-8-13-27(36(30(37)22(3)9-2)31(38)40-32(5,6)7)33-18-16-23(4)26-21-35-29(25-17-19-39-28(25)26)34-20-24-14-11-10-12-15-24/h10-16,18,21-22H,8-9,17,19-20H2,1-7H3,(H,34,35)/b23-16+,27-13-,33-18-. The first kappa shape index (κ1) is 30.6. The van der Waals surface area contributed by atoms with E-state index in [0.29, 0.717) is 26.0 Å². The van der Waals surface area contributed by atoms with Crippen molar-refractivity contribution in [1.29, 1.82) is 0 Å². The normalized spacial score (nSPS) is 14.5. The quantitative estimate of drug-likeness (QED) is 0.318. The zero-order chi connectivity index (χ0) is 29.3. The molecule has 0 radical (unpaired) electrons. The van der Waals surface area contributed by atoms with Crippen LogP contribution >= 0.6 is 0 Å². The smallest absolute Gasteiger partial charge is 0.422 e. The van der Waals surface area contributed by atoms with E-state index >= 15 is 0 Å². The highest BCUT2D eigenvalue weighted by molar-refractivity contribution is 5.96. The van der Waals surface area contributed by atoms with Gasteiger partial charge in [0.1, 0.15) is 23.0 Å². The molecule has 0 bridgehead atoms. The number of benzene rings is 1. The number of nitrogens with one attached hydrogen (secondary N) is 1. The van der Waals surface area contributed by atoms with Crippen molar-refractivity contribution in [2.75, 3.05) is 11.9 Å². The van der Waals surface area contributed by atoms with Crippen LogP contribution < -0.4 is 10.1 Å². The lowest BCUT2D eigenvalue weighted by molar-refractivity contribution is -0.132. The van der Waals surface area contributed by atoms with Gasteiger partial charge < -0.3 is 14.8 Å². The monoisotopic (exact) mass is 546 g/mol. The van der Waals surface area contributed by atoms with E-state index in [4.69, 9.17) is 14.5 Å². The minimum absolute atomic E-state index is 0.242. The first-order valence-corrected chi connectivity index (χ1v) is 14.0. The molecule has 0 saturated carbocycles. The molecule has 1 unspecified atom stereocenters. The highest BCUT2D eigenvalue weighted by atomic mass is 16.6. The van der Waals surface area contributed by atoms with Crippen molar-refractivity contribution < 1.29 is 19.1 Å². The van der Waals surface area contributed by atoms with Crippen molar-refractivity contribution in [2.45, 2.75) is 79.9 Å². The van der Waals surface area contributed by atoms with Crippen LogP contribution in [0.5, 0.6) is 5.75 Å². The number of nitrogens with zero attached hydrogens (tertiary/aromatic N) is 3. The van der Waals surface area contributed by atoms with Crippen LogP contribution in [0.15, 0.2) is 59.5 Å². The first-order valence-electron chi connectivity index (χ1n) is 14.0. The number of carbonyl (C=O) groups excluding carboxylic acids is 2. The lowest BCUT2D eigenvalue weighted by Gasteiger charge is -2.27. The molecule has 0 saturated heterocycles. The van der Waals surface area contributed by atoms with Crippen LogP contribution in [-0.4, -0.2) is 40.3 Å². The summed E-state index contributed by atoms with van der Waals surface area (Å²) in [7, 11) is 0. The van der Waals surface area contributed by atoms with Crippen molar-refractivity contribution >= 4 is 29.6 Å². The summed E-state index contributed by atoms with van der Waals surface area (Å²) in [5.41, 5.74) is 3.26. The zero-order valence-electron chi connectivity index (χ0n) is 24.8. The van der Waals surface area contributed by atoms with E-state index < -0.39 is 11.7 Å². The number of hydrogen-bond acceptors (Lipinski definition) is 7. The Hall–Kier alpha value is -3.94. The molecule has 1 aliphatic rings. The maximum Gasteiger partial charge on any atom is 0.422 e. The number of rotatable bonds is 10. The Morgan fingerprint density at radius 3 is 2.60 bits per heavy atom. The number of allylic oxidation sites excluding steroid dienone is 3. The summed E-state index contributed by atoms with van der Waals surface area (Å²) in [6.45, 7) is 14.2. The zero-order valence-corrected chi connectivity index (χ0v) is 24.8. The van der Waals surface area contributed by atoms with Crippen LogP contribution in [0, 0.1) is 5.92 Å². The number of imide groups is 1. The van der Waals surface area contributed by atoms with Gasteiger partial charge >= 0.3 is 6.09 Å². The molecule has 40 heavy (non-hydrogen) atoms. The minimum atomic E-state index is -0.752. The van der Waals surface area contributed by atoms with Gasteiger partial charge in [0.05, 0.1) is 6.61 Å². The van der Waals surface area contributed by atoms with Gasteiger partial charge in [-0.15, -0.1) is 0 Å². The van der Waals surface area contributed by atoms with Gasteiger partial charge in [0.25, 0.3) is 0 Å². The Kier molecular flexibility index (Phi) is 10.6. The molecule has 0 aliphatic carbocycles. The first-order chi connectivity index (χ1) is 19.1. The second-order valence-electron chi connectivity index (χ2n) is 10.8. The number of hydrogen-bond donors (Lipinski definition) is 1. The maximum atomic E-state index is 13.2. The number of aromatic nitrogens is 1. The molecule has 2 amide bonds. The molecule has 1 N–H and O–H groups in total. The largest absolute Gasteiger partial charge is 0.492 e. The van der Waals surface area contributed by atoms with E-state index in [9.17, 15) is 9.59 Å². The second-order valence-corrected chi connectivity index (χ2v) is 10.8. The second kappa shape index (κ2) is 13.9. The minimum Gasteiger partial charge on any atom is -0.492 e. The van der Waals surface area contributed by atoms with Crippen LogP contribution in [-0.2, 0) is 22.5 Å². The van der Waals surface area contributed by atoms with E-state index in [-0.39, 0.29) is 17.6 Å². The van der Waals surface area contributed by atoms with Gasteiger partial charge in [-0.05, 0) is 63.8 Å². The fourth-order valence-corrected chi connectivity index (χ4v) is 4.10. The number of fused-ring (bicyclic) bond motifs is 1. The Morgan fingerprint density at radius 1 is 1.23 bits per heavy atom. The van der Waals surface area contributed by atoms with E-state index in [1.54, 1.807) is 46.2 Å². The van der Waals surface area contributed by atoms with Crippen molar-refractivity contribution in [2.24, 2.45) is 10.9 Å². The number of aliphatic imine (C=N–C) groups is 1. The molecule has 0 fully saturated rings. The third-order valence-electron chi connectivity index (χ3n) is 6.43. The number of carbonyl (C=O) groups is 2. The van der Waals surface area contributed by atoms with Gasteiger partial charge in [0.15, 0.2) is 0 Å². The van der Waals surface area contributed by atoms with E-state index in [1.807, 2.05) is 45.0 Å². The van der Waals surface area contributed by atoms with Crippen molar-refractivity contribution in [3.63, 3.8) is 0 Å². The SMILES string of the molecule is CC/C=C(/N=C\C=C(/C)c1cnc(NCc2ccccc2)c2c1OCC2)N(C(=O)OC(C)(C)C)C(=O)C(C)CC. The lowest BCUT2D eigenvalue weighted by atomic mass is 10.0. The maximum absolute atomic E-state index is 13.2. The average Bonchev–Trinajstić information content (AvgIpc) is 3.41. The Morgan fingerprint density at radius 2 is 1.95 bits per heavy atom. The van der Waals surface area contributed by atoms with Crippen LogP contribution in [0.2, 0.25) is 0 Å². The average molecular weight is 547 g/mol. The van der Waals surface area contributed by atoms with Gasteiger partial charge in [-0.2, -0.15) is 4.90 Å². The Labute approximate surface area is 238 Å². The fourth-order valence-electron chi connectivity index (χ4n) is 4.10. The third-order valence-corrected chi connectivity index (χ3v) is 6.43. The Balaban J connectivity index is 1.86.